The van der Waals surface area contributed by atoms with Crippen LogP contribution in [0.25, 0.3) is 22.5 Å². The average Bonchev–Trinajstić information content (AvgIpc) is 2.80. The third kappa shape index (κ3) is 4.30. The zero-order valence-electron chi connectivity index (χ0n) is 16.7. The van der Waals surface area contributed by atoms with E-state index in [9.17, 15) is 0 Å². The molecular weight excluding hydrogens is 358 g/mol. The summed E-state index contributed by atoms with van der Waals surface area (Å²) in [5.74, 6) is 1.69. The molecule has 1 aromatic heterocycles. The zero-order chi connectivity index (χ0) is 20.1. The van der Waals surface area contributed by atoms with Crippen molar-refractivity contribution in [1.29, 1.82) is 0 Å². The average molecular weight is 382 g/mol. The van der Waals surface area contributed by atoms with Crippen LogP contribution in [-0.4, -0.2) is 7.11 Å². The van der Waals surface area contributed by atoms with Crippen LogP contribution in [0.4, 0.5) is 0 Å². The summed E-state index contributed by atoms with van der Waals surface area (Å²) in [6.07, 6.45) is 0. The smallest absolute Gasteiger partial charge is 0.216 e. The number of ether oxygens (including phenoxy) is 2. The first-order chi connectivity index (χ1) is 14.2. The monoisotopic (exact) mass is 382 g/mol. The summed E-state index contributed by atoms with van der Waals surface area (Å²) in [6.45, 7) is 0.533. The maximum atomic E-state index is 6.18. The number of pyridine rings is 1. The van der Waals surface area contributed by atoms with Crippen LogP contribution in [0.2, 0.25) is 0 Å². The van der Waals surface area contributed by atoms with Gasteiger partial charge in [-0.2, -0.15) is 4.57 Å². The van der Waals surface area contributed by atoms with Crippen LogP contribution >= 0.6 is 0 Å². The molecule has 3 aromatic carbocycles. The van der Waals surface area contributed by atoms with Crippen molar-refractivity contribution in [2.45, 2.75) is 6.61 Å². The van der Waals surface area contributed by atoms with E-state index < -0.39 is 0 Å². The second kappa shape index (κ2) is 8.61. The van der Waals surface area contributed by atoms with Crippen molar-refractivity contribution in [3.05, 3.63) is 103 Å². The second-order valence-corrected chi connectivity index (χ2v) is 6.89. The van der Waals surface area contributed by atoms with Crippen molar-refractivity contribution >= 4 is 0 Å². The molecule has 0 aliphatic heterocycles. The third-order valence-electron chi connectivity index (χ3n) is 4.98. The van der Waals surface area contributed by atoms with E-state index in [-0.39, 0.29) is 0 Å². The predicted octanol–water partition coefficient (Wildman–Crippen LogP) is 5.43. The lowest BCUT2D eigenvalue weighted by Gasteiger charge is -2.11. The topological polar surface area (TPSA) is 22.3 Å². The van der Waals surface area contributed by atoms with Crippen LogP contribution in [-0.2, 0) is 13.7 Å². The first kappa shape index (κ1) is 18.8. The summed E-state index contributed by atoms with van der Waals surface area (Å²) >= 11 is 0. The van der Waals surface area contributed by atoms with Crippen LogP contribution in [0, 0.1) is 0 Å². The minimum atomic E-state index is 0.533. The van der Waals surface area contributed by atoms with Gasteiger partial charge in [-0.05, 0) is 42.0 Å². The Hall–Kier alpha value is -3.59. The van der Waals surface area contributed by atoms with E-state index in [0.717, 1.165) is 39.6 Å². The number of hydrogen-bond acceptors (Lipinski definition) is 2. The van der Waals surface area contributed by atoms with Gasteiger partial charge in [0.1, 0.15) is 25.2 Å². The number of aromatic nitrogens is 1. The van der Waals surface area contributed by atoms with Gasteiger partial charge < -0.3 is 9.47 Å². The molecule has 29 heavy (non-hydrogen) atoms. The highest BCUT2D eigenvalue weighted by molar-refractivity contribution is 5.64. The Morgan fingerprint density at radius 1 is 0.655 bits per heavy atom. The Bertz CT molecular complexity index is 1070. The van der Waals surface area contributed by atoms with Gasteiger partial charge in [-0.1, -0.05) is 48.5 Å². The number of benzene rings is 3. The molecule has 0 bridgehead atoms. The highest BCUT2D eigenvalue weighted by Gasteiger charge is 2.19. The lowest BCUT2D eigenvalue weighted by atomic mass is 10.1. The van der Waals surface area contributed by atoms with Crippen molar-refractivity contribution in [2.24, 2.45) is 7.05 Å². The fourth-order valence-electron chi connectivity index (χ4n) is 3.38. The zero-order valence-corrected chi connectivity index (χ0v) is 16.7. The summed E-state index contributed by atoms with van der Waals surface area (Å²) < 4.78 is 13.7. The molecule has 3 heteroatoms. The SMILES string of the molecule is COc1ccc(-c2cc(OCc3ccccc3)cc(-c3ccccc3)[n+]2C)cc1. The quantitative estimate of drug-likeness (QED) is 0.415. The van der Waals surface area contributed by atoms with Gasteiger partial charge in [-0.25, -0.2) is 0 Å². The van der Waals surface area contributed by atoms with E-state index in [0.29, 0.717) is 6.61 Å². The lowest BCUT2D eigenvalue weighted by molar-refractivity contribution is -0.649. The van der Waals surface area contributed by atoms with Gasteiger partial charge in [-0.3, -0.25) is 0 Å². The second-order valence-electron chi connectivity index (χ2n) is 6.89. The largest absolute Gasteiger partial charge is 0.497 e. The summed E-state index contributed by atoms with van der Waals surface area (Å²) in [5.41, 5.74) is 5.58. The first-order valence-corrected chi connectivity index (χ1v) is 9.65. The maximum absolute atomic E-state index is 6.18. The van der Waals surface area contributed by atoms with Gasteiger partial charge in [0.25, 0.3) is 0 Å². The van der Waals surface area contributed by atoms with Crippen molar-refractivity contribution < 1.29 is 14.0 Å². The molecule has 0 saturated carbocycles. The Morgan fingerprint density at radius 3 is 1.79 bits per heavy atom. The fourth-order valence-corrected chi connectivity index (χ4v) is 3.38. The van der Waals surface area contributed by atoms with Crippen LogP contribution in [0.15, 0.2) is 97.1 Å². The van der Waals surface area contributed by atoms with E-state index in [4.69, 9.17) is 9.47 Å². The van der Waals surface area contributed by atoms with E-state index in [2.05, 4.69) is 72.3 Å². The molecule has 0 aliphatic rings. The molecule has 0 amide bonds. The molecule has 0 aliphatic carbocycles. The van der Waals surface area contributed by atoms with Gasteiger partial charge in [0.2, 0.25) is 11.4 Å². The first-order valence-electron chi connectivity index (χ1n) is 9.65. The minimum Gasteiger partial charge on any atom is -0.497 e. The maximum Gasteiger partial charge on any atom is 0.216 e. The Kier molecular flexibility index (Phi) is 5.57. The summed E-state index contributed by atoms with van der Waals surface area (Å²) in [5, 5.41) is 0. The molecule has 0 radical (unpaired) electrons. The molecular formula is C26H24NO2+. The van der Waals surface area contributed by atoms with Crippen LogP contribution in [0.5, 0.6) is 11.5 Å². The number of nitrogens with zero attached hydrogens (tertiary/aromatic N) is 1. The van der Waals surface area contributed by atoms with Gasteiger partial charge in [0.15, 0.2) is 0 Å². The molecule has 1 heterocycles. The van der Waals surface area contributed by atoms with Gasteiger partial charge in [0.05, 0.1) is 19.2 Å². The van der Waals surface area contributed by atoms with Crippen LogP contribution < -0.4 is 14.0 Å². The number of rotatable bonds is 6. The number of hydrogen-bond donors (Lipinski definition) is 0. The standard InChI is InChI=1S/C26H24NO2/c1-27-25(21-11-7-4-8-12-21)17-24(29-19-20-9-5-3-6-10-20)18-26(27)22-13-15-23(28-2)16-14-22/h3-18H,19H2,1-2H3/q+1. The van der Waals surface area contributed by atoms with Crippen molar-refractivity contribution in [2.75, 3.05) is 7.11 Å². The lowest BCUT2D eigenvalue weighted by Crippen LogP contribution is -2.34. The van der Waals surface area contributed by atoms with Crippen LogP contribution in [0.3, 0.4) is 0 Å². The molecule has 4 rings (SSSR count). The van der Waals surface area contributed by atoms with Crippen molar-refractivity contribution in [1.82, 2.24) is 0 Å². The van der Waals surface area contributed by atoms with Gasteiger partial charge >= 0.3 is 0 Å². The Labute approximate surface area is 171 Å². The summed E-state index contributed by atoms with van der Waals surface area (Å²) in [4.78, 5) is 0. The molecule has 0 atom stereocenters. The van der Waals surface area contributed by atoms with E-state index >= 15 is 0 Å². The summed E-state index contributed by atoms with van der Waals surface area (Å²) in [7, 11) is 3.77. The highest BCUT2D eigenvalue weighted by atomic mass is 16.5. The predicted molar refractivity (Wildman–Crippen MR) is 116 cm³/mol. The Balaban J connectivity index is 1.76. The van der Waals surface area contributed by atoms with Gasteiger partial charge in [0, 0.05) is 11.1 Å². The fraction of sp³-hybridized carbons (Fsp3) is 0.115. The molecule has 144 valence electrons. The summed E-state index contributed by atoms with van der Waals surface area (Å²) in [6, 6.07) is 32.9. The van der Waals surface area contributed by atoms with Crippen LogP contribution in [0.1, 0.15) is 5.56 Å². The third-order valence-corrected chi connectivity index (χ3v) is 4.98. The van der Waals surface area contributed by atoms with E-state index in [1.54, 1.807) is 7.11 Å². The molecule has 3 nitrogen and oxygen atoms in total. The molecule has 0 N–H and O–H groups in total. The molecule has 0 fully saturated rings. The Morgan fingerprint density at radius 2 is 1.21 bits per heavy atom. The molecule has 4 aromatic rings. The van der Waals surface area contributed by atoms with Gasteiger partial charge in [-0.15, -0.1) is 0 Å². The molecule has 0 unspecified atom stereocenters. The normalized spacial score (nSPS) is 10.6. The van der Waals surface area contributed by atoms with Crippen molar-refractivity contribution in [3.8, 4) is 34.0 Å². The van der Waals surface area contributed by atoms with E-state index in [1.165, 1.54) is 0 Å². The van der Waals surface area contributed by atoms with Crippen molar-refractivity contribution in [3.63, 3.8) is 0 Å². The molecule has 0 saturated heterocycles. The highest BCUT2D eigenvalue weighted by Crippen LogP contribution is 2.28. The number of methoxy groups -OCH3 is 1. The minimum absolute atomic E-state index is 0.533. The molecule has 0 spiro atoms. The van der Waals surface area contributed by atoms with E-state index in [1.807, 2.05) is 36.4 Å².